The van der Waals surface area contributed by atoms with E-state index >= 15 is 0 Å². The van der Waals surface area contributed by atoms with E-state index in [1.165, 1.54) is 6.07 Å². The van der Waals surface area contributed by atoms with Gasteiger partial charge in [0.05, 0.1) is 6.10 Å². The van der Waals surface area contributed by atoms with Gasteiger partial charge < -0.3 is 15.0 Å². The van der Waals surface area contributed by atoms with Crippen LogP contribution in [0.2, 0.25) is 0 Å². The third-order valence-electron chi connectivity index (χ3n) is 4.08. The minimum atomic E-state index is -0.175. The number of nitrogens with zero attached hydrogens (tertiary/aromatic N) is 1. The summed E-state index contributed by atoms with van der Waals surface area (Å²) in [5, 5.41) is 2.93. The first-order valence-electron chi connectivity index (χ1n) is 8.58. The Hall–Kier alpha value is -1.62. The van der Waals surface area contributed by atoms with Gasteiger partial charge in [0.25, 0.3) is 0 Å². The second kappa shape index (κ2) is 9.50. The Bertz CT molecular complexity index is 496. The maximum Gasteiger partial charge on any atom is 0.317 e. The maximum absolute atomic E-state index is 13.5. The quantitative estimate of drug-likeness (QED) is 0.782. The Morgan fingerprint density at radius 3 is 3.04 bits per heavy atom. The first-order valence-corrected chi connectivity index (χ1v) is 8.58. The highest BCUT2D eigenvalue weighted by atomic mass is 19.1. The fourth-order valence-electron chi connectivity index (χ4n) is 2.83. The number of carbonyl (C=O) groups is 1. The van der Waals surface area contributed by atoms with E-state index in [-0.39, 0.29) is 18.0 Å². The minimum Gasteiger partial charge on any atom is -0.376 e. The molecule has 0 aliphatic carbocycles. The smallest absolute Gasteiger partial charge is 0.317 e. The summed E-state index contributed by atoms with van der Waals surface area (Å²) in [7, 11) is 0. The number of amides is 2. The molecule has 1 aromatic carbocycles. The Balaban J connectivity index is 1.67. The van der Waals surface area contributed by atoms with E-state index in [2.05, 4.69) is 12.2 Å². The molecule has 1 aromatic rings. The number of likely N-dealkylation sites (tertiary alicyclic amines) is 1. The molecule has 1 unspecified atom stereocenters. The number of rotatable bonds is 7. The van der Waals surface area contributed by atoms with E-state index in [1.54, 1.807) is 12.1 Å². The molecule has 4 nitrogen and oxygen atoms in total. The van der Waals surface area contributed by atoms with Gasteiger partial charge in [0, 0.05) is 26.2 Å². The van der Waals surface area contributed by atoms with Crippen LogP contribution in [0.4, 0.5) is 9.18 Å². The molecule has 1 N–H and O–H groups in total. The van der Waals surface area contributed by atoms with Crippen molar-refractivity contribution in [3.8, 4) is 0 Å². The lowest BCUT2D eigenvalue weighted by Crippen LogP contribution is -2.48. The molecule has 1 aliphatic heterocycles. The second-order valence-corrected chi connectivity index (χ2v) is 6.01. The van der Waals surface area contributed by atoms with E-state index < -0.39 is 0 Å². The molecule has 2 amide bonds. The van der Waals surface area contributed by atoms with Crippen molar-refractivity contribution in [1.29, 1.82) is 0 Å². The van der Waals surface area contributed by atoms with E-state index in [9.17, 15) is 9.18 Å². The summed E-state index contributed by atoms with van der Waals surface area (Å²) >= 11 is 0. The van der Waals surface area contributed by atoms with Crippen LogP contribution in [0.15, 0.2) is 24.3 Å². The van der Waals surface area contributed by atoms with Crippen LogP contribution in [-0.4, -0.2) is 43.3 Å². The number of hydrogen-bond donors (Lipinski definition) is 1. The Morgan fingerprint density at radius 1 is 1.43 bits per heavy atom. The van der Waals surface area contributed by atoms with Crippen molar-refractivity contribution in [3.05, 3.63) is 35.6 Å². The number of benzene rings is 1. The van der Waals surface area contributed by atoms with Gasteiger partial charge in [-0.2, -0.15) is 0 Å². The van der Waals surface area contributed by atoms with Crippen molar-refractivity contribution in [2.75, 3.05) is 26.2 Å². The van der Waals surface area contributed by atoms with E-state index in [0.29, 0.717) is 25.1 Å². The molecule has 1 aliphatic rings. The fraction of sp³-hybridized carbons (Fsp3) is 0.611. The molecule has 0 spiro atoms. The zero-order chi connectivity index (χ0) is 16.5. The van der Waals surface area contributed by atoms with E-state index in [1.807, 2.05) is 11.0 Å². The molecule has 128 valence electrons. The van der Waals surface area contributed by atoms with E-state index in [4.69, 9.17) is 4.74 Å². The van der Waals surface area contributed by atoms with Gasteiger partial charge in [-0.15, -0.1) is 0 Å². The van der Waals surface area contributed by atoms with Gasteiger partial charge in [-0.3, -0.25) is 0 Å². The van der Waals surface area contributed by atoms with Crippen molar-refractivity contribution in [1.82, 2.24) is 10.2 Å². The average molecular weight is 322 g/mol. The van der Waals surface area contributed by atoms with Gasteiger partial charge in [-0.05, 0) is 43.7 Å². The number of halogens is 1. The molecular weight excluding hydrogens is 295 g/mol. The highest BCUT2D eigenvalue weighted by Crippen LogP contribution is 2.14. The van der Waals surface area contributed by atoms with Crippen molar-refractivity contribution >= 4 is 6.03 Å². The van der Waals surface area contributed by atoms with Crippen LogP contribution in [0.3, 0.4) is 0 Å². The van der Waals surface area contributed by atoms with Gasteiger partial charge in [-0.1, -0.05) is 25.1 Å². The molecule has 0 bridgehead atoms. The molecule has 2 rings (SSSR count). The second-order valence-electron chi connectivity index (χ2n) is 6.01. The Kier molecular flexibility index (Phi) is 7.33. The van der Waals surface area contributed by atoms with Crippen molar-refractivity contribution in [3.63, 3.8) is 0 Å². The molecule has 0 aromatic heterocycles. The molecule has 1 fully saturated rings. The number of aryl methyl sites for hydroxylation is 1. The lowest BCUT2D eigenvalue weighted by molar-refractivity contribution is 0.0101. The summed E-state index contributed by atoms with van der Waals surface area (Å²) < 4.78 is 19.2. The molecule has 0 radical (unpaired) electrons. The van der Waals surface area contributed by atoms with Crippen molar-refractivity contribution < 1.29 is 13.9 Å². The summed E-state index contributed by atoms with van der Waals surface area (Å²) in [6.07, 6.45) is 4.53. The summed E-state index contributed by atoms with van der Waals surface area (Å²) in [6.45, 7) is 4.85. The first-order chi connectivity index (χ1) is 11.2. The van der Waals surface area contributed by atoms with Crippen LogP contribution >= 0.6 is 0 Å². The van der Waals surface area contributed by atoms with Crippen LogP contribution in [0.1, 0.15) is 38.2 Å². The molecular formula is C18H27FN2O2. The van der Waals surface area contributed by atoms with Crippen molar-refractivity contribution in [2.24, 2.45) is 0 Å². The normalized spacial score (nSPS) is 18.0. The monoisotopic (exact) mass is 322 g/mol. The van der Waals surface area contributed by atoms with Gasteiger partial charge in [0.1, 0.15) is 5.82 Å². The number of piperidine rings is 1. The number of ether oxygens (including phenoxy) is 1. The van der Waals surface area contributed by atoms with Crippen LogP contribution in [0.5, 0.6) is 0 Å². The molecule has 23 heavy (non-hydrogen) atoms. The number of carbonyl (C=O) groups excluding carboxylic acids is 1. The number of nitrogens with one attached hydrogen (secondary N) is 1. The third-order valence-corrected chi connectivity index (χ3v) is 4.08. The SMILES string of the molecule is CCCOC1CCCN(C(=O)NCCCc2ccccc2F)C1. The van der Waals surface area contributed by atoms with Gasteiger partial charge >= 0.3 is 6.03 Å². The molecule has 1 saturated heterocycles. The third kappa shape index (κ3) is 5.82. The summed E-state index contributed by atoms with van der Waals surface area (Å²) in [5.74, 6) is -0.175. The molecule has 1 heterocycles. The van der Waals surface area contributed by atoms with Crippen molar-refractivity contribution in [2.45, 2.75) is 45.1 Å². The largest absolute Gasteiger partial charge is 0.376 e. The molecule has 5 heteroatoms. The maximum atomic E-state index is 13.5. The van der Waals surface area contributed by atoms with E-state index in [0.717, 1.165) is 38.8 Å². The first kappa shape index (κ1) is 17.7. The number of hydrogen-bond acceptors (Lipinski definition) is 2. The standard InChI is InChI=1S/C18H27FN2O2/c1-2-13-23-16-9-6-12-21(14-16)18(22)20-11-5-8-15-7-3-4-10-17(15)19/h3-4,7,10,16H,2,5-6,8-9,11-14H2,1H3,(H,20,22). The van der Waals surface area contributed by atoms with Crippen LogP contribution in [0.25, 0.3) is 0 Å². The topological polar surface area (TPSA) is 41.6 Å². The zero-order valence-corrected chi connectivity index (χ0v) is 13.9. The van der Waals surface area contributed by atoms with Crippen LogP contribution < -0.4 is 5.32 Å². The lowest BCUT2D eigenvalue weighted by atomic mass is 10.1. The molecule has 1 atom stereocenters. The summed E-state index contributed by atoms with van der Waals surface area (Å²) in [6, 6.07) is 6.74. The predicted molar refractivity (Wildman–Crippen MR) is 89.0 cm³/mol. The Morgan fingerprint density at radius 2 is 2.26 bits per heavy atom. The van der Waals surface area contributed by atoms with Gasteiger partial charge in [0.2, 0.25) is 0 Å². The Labute approximate surface area is 138 Å². The fourth-order valence-corrected chi connectivity index (χ4v) is 2.83. The summed E-state index contributed by atoms with van der Waals surface area (Å²) in [4.78, 5) is 14.0. The van der Waals surface area contributed by atoms with Gasteiger partial charge in [-0.25, -0.2) is 9.18 Å². The molecule has 0 saturated carbocycles. The van der Waals surface area contributed by atoms with Crippen LogP contribution in [-0.2, 0) is 11.2 Å². The van der Waals surface area contributed by atoms with Gasteiger partial charge in [0.15, 0.2) is 0 Å². The average Bonchev–Trinajstić information content (AvgIpc) is 2.58. The van der Waals surface area contributed by atoms with Crippen LogP contribution in [0, 0.1) is 5.82 Å². The number of urea groups is 1. The zero-order valence-electron chi connectivity index (χ0n) is 13.9. The highest BCUT2D eigenvalue weighted by molar-refractivity contribution is 5.74. The minimum absolute atomic E-state index is 0.0386. The highest BCUT2D eigenvalue weighted by Gasteiger charge is 2.23. The summed E-state index contributed by atoms with van der Waals surface area (Å²) in [5.41, 5.74) is 0.702. The lowest BCUT2D eigenvalue weighted by Gasteiger charge is -2.32. The predicted octanol–water partition coefficient (Wildman–Crippen LogP) is 3.36.